The summed E-state index contributed by atoms with van der Waals surface area (Å²) in [6, 6.07) is 11.4. The molecule has 0 aliphatic rings. The van der Waals surface area contributed by atoms with Crippen LogP contribution >= 0.6 is 0 Å². The molecular formula is C20H23NO3. The van der Waals surface area contributed by atoms with E-state index in [0.29, 0.717) is 11.5 Å². The van der Waals surface area contributed by atoms with Gasteiger partial charge in [-0.05, 0) is 55.2 Å². The lowest BCUT2D eigenvalue weighted by Crippen LogP contribution is -2.21. The standard InChI is InChI=1S/C20H23NO3/c1-5-7-16-10-11-18(19(12-16)23-4)24-13-20(22)21-17-9-6-8-14(2)15(17)3/h5-6,8-12H,1,7,13H2,2-4H3,(H,21,22). The maximum atomic E-state index is 12.1. The van der Waals surface area contributed by atoms with Crippen LogP contribution in [0.15, 0.2) is 49.1 Å². The molecule has 0 aliphatic carbocycles. The summed E-state index contributed by atoms with van der Waals surface area (Å²) in [6.45, 7) is 7.63. The highest BCUT2D eigenvalue weighted by Gasteiger charge is 2.10. The second-order valence-electron chi connectivity index (χ2n) is 5.56. The fourth-order valence-corrected chi connectivity index (χ4v) is 2.34. The van der Waals surface area contributed by atoms with E-state index in [-0.39, 0.29) is 12.5 Å². The number of rotatable bonds is 7. The van der Waals surface area contributed by atoms with Crippen LogP contribution in [0.3, 0.4) is 0 Å². The summed E-state index contributed by atoms with van der Waals surface area (Å²) in [5, 5.41) is 2.87. The van der Waals surface area contributed by atoms with Crippen molar-refractivity contribution in [3.8, 4) is 11.5 Å². The Morgan fingerprint density at radius 2 is 2.00 bits per heavy atom. The Hall–Kier alpha value is -2.75. The molecule has 0 heterocycles. The summed E-state index contributed by atoms with van der Waals surface area (Å²) < 4.78 is 10.9. The van der Waals surface area contributed by atoms with Crippen LogP contribution in [0, 0.1) is 13.8 Å². The lowest BCUT2D eigenvalue weighted by molar-refractivity contribution is -0.118. The molecule has 0 saturated heterocycles. The third-order valence-corrected chi connectivity index (χ3v) is 3.85. The van der Waals surface area contributed by atoms with Gasteiger partial charge in [-0.25, -0.2) is 0 Å². The number of nitrogens with one attached hydrogen (secondary N) is 1. The van der Waals surface area contributed by atoms with Gasteiger partial charge in [0.15, 0.2) is 18.1 Å². The zero-order chi connectivity index (χ0) is 17.5. The van der Waals surface area contributed by atoms with Gasteiger partial charge in [0.25, 0.3) is 5.91 Å². The third-order valence-electron chi connectivity index (χ3n) is 3.85. The lowest BCUT2D eigenvalue weighted by Gasteiger charge is -2.13. The molecule has 0 unspecified atom stereocenters. The maximum absolute atomic E-state index is 12.1. The molecule has 126 valence electrons. The number of carbonyl (C=O) groups excluding carboxylic acids is 1. The van der Waals surface area contributed by atoms with Gasteiger partial charge in [0, 0.05) is 5.69 Å². The van der Waals surface area contributed by atoms with Gasteiger partial charge >= 0.3 is 0 Å². The molecule has 2 rings (SSSR count). The van der Waals surface area contributed by atoms with Gasteiger partial charge in [-0.2, -0.15) is 0 Å². The van der Waals surface area contributed by atoms with Crippen molar-refractivity contribution in [2.75, 3.05) is 19.0 Å². The van der Waals surface area contributed by atoms with Crippen molar-refractivity contribution in [1.82, 2.24) is 0 Å². The van der Waals surface area contributed by atoms with Crippen molar-refractivity contribution in [3.63, 3.8) is 0 Å². The first-order valence-electron chi connectivity index (χ1n) is 7.81. The minimum absolute atomic E-state index is 0.0788. The number of benzene rings is 2. The van der Waals surface area contributed by atoms with Crippen molar-refractivity contribution in [1.29, 1.82) is 0 Å². The second kappa shape index (κ2) is 8.20. The van der Waals surface area contributed by atoms with Crippen LogP contribution in [0.4, 0.5) is 5.69 Å². The normalized spacial score (nSPS) is 10.1. The number of anilines is 1. The number of allylic oxidation sites excluding steroid dienone is 1. The van der Waals surface area contributed by atoms with Crippen molar-refractivity contribution in [2.45, 2.75) is 20.3 Å². The second-order valence-corrected chi connectivity index (χ2v) is 5.56. The Morgan fingerprint density at radius 3 is 2.71 bits per heavy atom. The predicted molar refractivity (Wildman–Crippen MR) is 96.9 cm³/mol. The van der Waals surface area contributed by atoms with E-state index in [0.717, 1.165) is 28.8 Å². The number of aryl methyl sites for hydroxylation is 1. The highest BCUT2D eigenvalue weighted by molar-refractivity contribution is 5.92. The number of ether oxygens (including phenoxy) is 2. The molecule has 0 radical (unpaired) electrons. The maximum Gasteiger partial charge on any atom is 0.262 e. The van der Waals surface area contributed by atoms with Crippen molar-refractivity contribution >= 4 is 11.6 Å². The van der Waals surface area contributed by atoms with Gasteiger partial charge in [-0.3, -0.25) is 4.79 Å². The summed E-state index contributed by atoms with van der Waals surface area (Å²) in [6.07, 6.45) is 2.58. The zero-order valence-electron chi connectivity index (χ0n) is 14.4. The van der Waals surface area contributed by atoms with Gasteiger partial charge in [0.05, 0.1) is 7.11 Å². The monoisotopic (exact) mass is 325 g/mol. The van der Waals surface area contributed by atoms with E-state index in [1.807, 2.05) is 56.3 Å². The van der Waals surface area contributed by atoms with Crippen LogP contribution in [-0.4, -0.2) is 19.6 Å². The Kier molecular flexibility index (Phi) is 6.01. The molecule has 0 atom stereocenters. The molecule has 4 heteroatoms. The number of carbonyl (C=O) groups is 1. The molecule has 1 amide bonds. The minimum Gasteiger partial charge on any atom is -0.493 e. The Morgan fingerprint density at radius 1 is 1.21 bits per heavy atom. The summed E-state index contributed by atoms with van der Waals surface area (Å²) in [5.41, 5.74) is 4.07. The van der Waals surface area contributed by atoms with Crippen molar-refractivity contribution in [2.24, 2.45) is 0 Å². The topological polar surface area (TPSA) is 47.6 Å². The van der Waals surface area contributed by atoms with E-state index in [1.54, 1.807) is 7.11 Å². The van der Waals surface area contributed by atoms with Crippen LogP contribution < -0.4 is 14.8 Å². The number of amides is 1. The Labute approximate surface area is 143 Å². The molecule has 0 bridgehead atoms. The van der Waals surface area contributed by atoms with E-state index in [2.05, 4.69) is 11.9 Å². The number of hydrogen-bond donors (Lipinski definition) is 1. The van der Waals surface area contributed by atoms with Crippen molar-refractivity contribution < 1.29 is 14.3 Å². The highest BCUT2D eigenvalue weighted by Crippen LogP contribution is 2.28. The first-order valence-corrected chi connectivity index (χ1v) is 7.81. The first-order chi connectivity index (χ1) is 11.5. The molecular weight excluding hydrogens is 302 g/mol. The first kappa shape index (κ1) is 17.6. The van der Waals surface area contributed by atoms with Gasteiger partial charge in [0.2, 0.25) is 0 Å². The largest absolute Gasteiger partial charge is 0.493 e. The summed E-state index contributed by atoms with van der Waals surface area (Å²) in [4.78, 5) is 12.1. The average Bonchev–Trinajstić information content (AvgIpc) is 2.58. The van der Waals surface area contributed by atoms with E-state index in [9.17, 15) is 4.79 Å². The molecule has 1 N–H and O–H groups in total. The Bertz CT molecular complexity index is 738. The Balaban J connectivity index is 2.01. The summed E-state index contributed by atoms with van der Waals surface area (Å²) >= 11 is 0. The molecule has 0 spiro atoms. The van der Waals surface area contributed by atoms with Gasteiger partial charge in [-0.15, -0.1) is 6.58 Å². The SMILES string of the molecule is C=CCc1ccc(OCC(=O)Nc2cccc(C)c2C)c(OC)c1. The van der Waals surface area contributed by atoms with Crippen molar-refractivity contribution in [3.05, 3.63) is 65.7 Å². The van der Waals surface area contributed by atoms with E-state index < -0.39 is 0 Å². The smallest absolute Gasteiger partial charge is 0.262 e. The van der Waals surface area contributed by atoms with Gasteiger partial charge in [0.1, 0.15) is 0 Å². The van der Waals surface area contributed by atoms with Crippen LogP contribution in [0.2, 0.25) is 0 Å². The predicted octanol–water partition coefficient (Wildman–Crippen LogP) is 4.06. The molecule has 2 aromatic rings. The fourth-order valence-electron chi connectivity index (χ4n) is 2.34. The summed E-state index contributed by atoms with van der Waals surface area (Å²) in [7, 11) is 1.58. The molecule has 4 nitrogen and oxygen atoms in total. The van der Waals surface area contributed by atoms with Gasteiger partial charge in [-0.1, -0.05) is 24.3 Å². The molecule has 0 saturated carbocycles. The number of hydrogen-bond acceptors (Lipinski definition) is 3. The highest BCUT2D eigenvalue weighted by atomic mass is 16.5. The van der Waals surface area contributed by atoms with Crippen LogP contribution in [-0.2, 0) is 11.2 Å². The average molecular weight is 325 g/mol. The molecule has 2 aromatic carbocycles. The van der Waals surface area contributed by atoms with E-state index in [1.165, 1.54) is 0 Å². The van der Waals surface area contributed by atoms with Crippen LogP contribution in [0.25, 0.3) is 0 Å². The molecule has 0 fully saturated rings. The quantitative estimate of drug-likeness (QED) is 0.781. The number of methoxy groups -OCH3 is 1. The molecule has 0 aromatic heterocycles. The zero-order valence-corrected chi connectivity index (χ0v) is 14.4. The lowest BCUT2D eigenvalue weighted by atomic mass is 10.1. The van der Waals surface area contributed by atoms with E-state index in [4.69, 9.17) is 9.47 Å². The molecule has 24 heavy (non-hydrogen) atoms. The van der Waals surface area contributed by atoms with Crippen LogP contribution in [0.5, 0.6) is 11.5 Å². The fraction of sp³-hybridized carbons (Fsp3) is 0.250. The van der Waals surface area contributed by atoms with E-state index >= 15 is 0 Å². The summed E-state index contributed by atoms with van der Waals surface area (Å²) in [5.74, 6) is 0.941. The molecule has 0 aliphatic heterocycles. The minimum atomic E-state index is -0.207. The third kappa shape index (κ3) is 4.38. The van der Waals surface area contributed by atoms with Crippen LogP contribution in [0.1, 0.15) is 16.7 Å². The van der Waals surface area contributed by atoms with Gasteiger partial charge < -0.3 is 14.8 Å².